The monoisotopic (exact) mass is 710 g/mol. The maximum Gasteiger partial charge on any atom is 0.425 e. The fourth-order valence-corrected chi connectivity index (χ4v) is 6.06. The molecule has 0 radical (unpaired) electrons. The van der Waals surface area contributed by atoms with Gasteiger partial charge in [0, 0.05) is 6.42 Å². The van der Waals surface area contributed by atoms with Gasteiger partial charge in [0.25, 0.3) is 0 Å². The molecule has 0 fully saturated rings. The van der Waals surface area contributed by atoms with Crippen LogP contribution < -0.4 is 9.47 Å². The van der Waals surface area contributed by atoms with Crippen molar-refractivity contribution in [3.05, 3.63) is 94.5 Å². The number of esters is 3. The Morgan fingerprint density at radius 2 is 1.29 bits per heavy atom. The summed E-state index contributed by atoms with van der Waals surface area (Å²) in [5.41, 5.74) is 2.38. The molecule has 3 aromatic carbocycles. The number of aryl methyl sites for hydroxylation is 1. The lowest BCUT2D eigenvalue weighted by atomic mass is 9.88. The van der Waals surface area contributed by atoms with Gasteiger partial charge in [-0.15, -0.1) is 0 Å². The number of hydrogen-bond acceptors (Lipinski definition) is 7. The summed E-state index contributed by atoms with van der Waals surface area (Å²) in [6.07, 6.45) is 2.39. The first-order valence-electron chi connectivity index (χ1n) is 18.2. The molecule has 0 bridgehead atoms. The van der Waals surface area contributed by atoms with E-state index in [9.17, 15) is 27.6 Å². The van der Waals surface area contributed by atoms with Crippen molar-refractivity contribution < 1.29 is 46.5 Å². The molecule has 3 atom stereocenters. The zero-order chi connectivity index (χ0) is 36.8. The molecule has 51 heavy (non-hydrogen) atoms. The van der Waals surface area contributed by atoms with Gasteiger partial charge < -0.3 is 18.9 Å². The van der Waals surface area contributed by atoms with Gasteiger partial charge in [-0.25, -0.2) is 14.4 Å². The van der Waals surface area contributed by atoms with Gasteiger partial charge in [-0.1, -0.05) is 58.4 Å². The Bertz CT molecular complexity index is 1570. The van der Waals surface area contributed by atoms with Crippen molar-refractivity contribution in [2.75, 3.05) is 0 Å². The topological polar surface area (TPSA) is 88.1 Å². The van der Waals surface area contributed by atoms with Crippen LogP contribution in [0.25, 0.3) is 0 Å². The largest absolute Gasteiger partial charge is 0.491 e. The molecule has 1 unspecified atom stereocenters. The van der Waals surface area contributed by atoms with E-state index in [4.69, 9.17) is 18.9 Å². The molecule has 0 aliphatic heterocycles. The summed E-state index contributed by atoms with van der Waals surface area (Å²) in [4.78, 5) is 38.3. The second-order valence-corrected chi connectivity index (χ2v) is 13.3. The van der Waals surface area contributed by atoms with Crippen LogP contribution in [-0.2, 0) is 22.3 Å². The zero-order valence-electron chi connectivity index (χ0n) is 29.8. The van der Waals surface area contributed by atoms with Crippen molar-refractivity contribution in [3.63, 3.8) is 0 Å². The Kier molecular flexibility index (Phi) is 14.9. The van der Waals surface area contributed by atoms with E-state index in [2.05, 4.69) is 6.92 Å². The zero-order valence-corrected chi connectivity index (χ0v) is 29.8. The van der Waals surface area contributed by atoms with Gasteiger partial charge in [-0.05, 0) is 117 Å². The molecule has 10 heteroatoms. The molecule has 7 nitrogen and oxygen atoms in total. The third-order valence-corrected chi connectivity index (χ3v) is 9.03. The van der Waals surface area contributed by atoms with Crippen LogP contribution in [-0.4, -0.2) is 42.4 Å². The molecule has 0 saturated heterocycles. The van der Waals surface area contributed by atoms with Gasteiger partial charge in [0.1, 0.15) is 17.6 Å². The normalized spacial score (nSPS) is 15.3. The Morgan fingerprint density at radius 1 is 0.706 bits per heavy atom. The average Bonchev–Trinajstić information content (AvgIpc) is 3.11. The van der Waals surface area contributed by atoms with Crippen LogP contribution in [0.2, 0.25) is 0 Å². The second-order valence-electron chi connectivity index (χ2n) is 13.3. The molecule has 1 aliphatic carbocycles. The minimum absolute atomic E-state index is 0.0666. The highest BCUT2D eigenvalue weighted by molar-refractivity contribution is 5.92. The van der Waals surface area contributed by atoms with Crippen LogP contribution in [0.15, 0.2) is 66.7 Å². The van der Waals surface area contributed by atoms with E-state index in [1.165, 1.54) is 49.6 Å². The minimum atomic E-state index is -4.63. The van der Waals surface area contributed by atoms with Crippen LogP contribution in [0, 0.1) is 0 Å². The van der Waals surface area contributed by atoms with Crippen molar-refractivity contribution in [1.82, 2.24) is 0 Å². The molecule has 1 aliphatic rings. The van der Waals surface area contributed by atoms with E-state index in [-0.39, 0.29) is 29.4 Å². The summed E-state index contributed by atoms with van der Waals surface area (Å²) < 4.78 is 62.7. The van der Waals surface area contributed by atoms with Crippen LogP contribution in [0.3, 0.4) is 0 Å². The van der Waals surface area contributed by atoms with Gasteiger partial charge in [0.05, 0.1) is 22.8 Å². The quantitative estimate of drug-likeness (QED) is 0.0738. The van der Waals surface area contributed by atoms with Crippen LogP contribution in [0.1, 0.15) is 134 Å². The molecule has 276 valence electrons. The Balaban J connectivity index is 1.25. The van der Waals surface area contributed by atoms with E-state index in [0.29, 0.717) is 43.4 Å². The minimum Gasteiger partial charge on any atom is -0.491 e. The molecule has 0 saturated carbocycles. The fraction of sp³-hybridized carbons (Fsp3) is 0.488. The molecular weight excluding hydrogens is 661 g/mol. The SMILES string of the molecule is CCCCCC[C@@H](C)Oc1ccc(C(=O)Oc2ccc(C(=O)OC3CCc4cc(C(=O)O[C@H](CCCCCC)C(F)(F)F)ccc4C3)cc2)cc1. The molecule has 4 rings (SSSR count). The maximum atomic E-state index is 13.5. The number of carbonyl (C=O) groups excluding carboxylic acids is 3. The van der Waals surface area contributed by atoms with Gasteiger partial charge in [0.15, 0.2) is 6.10 Å². The summed E-state index contributed by atoms with van der Waals surface area (Å²) in [7, 11) is 0. The van der Waals surface area contributed by atoms with Crippen molar-refractivity contribution in [1.29, 1.82) is 0 Å². The Hall–Kier alpha value is -4.34. The van der Waals surface area contributed by atoms with Crippen molar-refractivity contribution in [3.8, 4) is 11.5 Å². The summed E-state index contributed by atoms with van der Waals surface area (Å²) in [5.74, 6) is -1.11. The average molecular weight is 711 g/mol. The number of rotatable bonds is 18. The van der Waals surface area contributed by atoms with E-state index >= 15 is 0 Å². The number of benzene rings is 3. The lowest BCUT2D eigenvalue weighted by molar-refractivity contribution is -0.206. The molecular formula is C41H49F3O7. The number of carbonyl (C=O) groups is 3. The highest BCUT2D eigenvalue weighted by atomic mass is 19.4. The van der Waals surface area contributed by atoms with E-state index in [1.807, 2.05) is 13.8 Å². The highest BCUT2D eigenvalue weighted by Crippen LogP contribution is 2.30. The lowest BCUT2D eigenvalue weighted by Crippen LogP contribution is -2.34. The standard InChI is InChI=1S/C41H49F3O7/c1-4-6-8-10-12-28(3)48-34-21-16-29(17-22-34)38(45)49-35-23-18-30(19-24-35)39(46)50-36-25-20-31-26-33(15-14-32(31)27-36)40(47)51-37(41(42,43)44)13-11-9-7-5-2/h14-19,21-24,26,28,36-37H,4-13,20,25,27H2,1-3H3/t28-,36?,37-/m1/s1. The molecule has 3 aromatic rings. The molecule has 0 heterocycles. The predicted molar refractivity (Wildman–Crippen MR) is 188 cm³/mol. The van der Waals surface area contributed by atoms with E-state index in [0.717, 1.165) is 36.8 Å². The second kappa shape index (κ2) is 19.3. The number of hydrogen-bond donors (Lipinski definition) is 0. The summed E-state index contributed by atoms with van der Waals surface area (Å²) in [6.45, 7) is 6.19. The van der Waals surface area contributed by atoms with Crippen molar-refractivity contribution in [2.24, 2.45) is 0 Å². The van der Waals surface area contributed by atoms with Gasteiger partial charge in [-0.3, -0.25) is 0 Å². The number of fused-ring (bicyclic) bond motifs is 1. The molecule has 0 N–H and O–H groups in total. The van der Waals surface area contributed by atoms with Crippen molar-refractivity contribution in [2.45, 2.75) is 129 Å². The van der Waals surface area contributed by atoms with Crippen molar-refractivity contribution >= 4 is 17.9 Å². The van der Waals surface area contributed by atoms with Gasteiger partial charge >= 0.3 is 24.1 Å². The lowest BCUT2D eigenvalue weighted by Gasteiger charge is -2.25. The first-order valence-corrected chi connectivity index (χ1v) is 18.2. The molecule has 0 amide bonds. The van der Waals surface area contributed by atoms with Crippen LogP contribution in [0.5, 0.6) is 11.5 Å². The predicted octanol–water partition coefficient (Wildman–Crippen LogP) is 10.4. The molecule has 0 spiro atoms. The maximum absolute atomic E-state index is 13.5. The first-order chi connectivity index (χ1) is 24.5. The first kappa shape index (κ1) is 39.4. The van der Waals surface area contributed by atoms with Crippen LogP contribution >= 0.6 is 0 Å². The smallest absolute Gasteiger partial charge is 0.425 e. The van der Waals surface area contributed by atoms with Gasteiger partial charge in [0.2, 0.25) is 0 Å². The van der Waals surface area contributed by atoms with E-state index in [1.54, 1.807) is 36.4 Å². The highest BCUT2D eigenvalue weighted by Gasteiger charge is 2.42. The summed E-state index contributed by atoms with van der Waals surface area (Å²) >= 11 is 0. The van der Waals surface area contributed by atoms with Gasteiger partial charge in [-0.2, -0.15) is 13.2 Å². The third-order valence-electron chi connectivity index (χ3n) is 9.03. The summed E-state index contributed by atoms with van der Waals surface area (Å²) in [5, 5.41) is 0. The number of unbranched alkanes of at least 4 members (excludes halogenated alkanes) is 6. The Morgan fingerprint density at radius 3 is 1.92 bits per heavy atom. The fourth-order valence-electron chi connectivity index (χ4n) is 6.06. The Labute approximate surface area is 298 Å². The third kappa shape index (κ3) is 12.4. The number of alkyl halides is 3. The summed E-state index contributed by atoms with van der Waals surface area (Å²) in [6, 6.07) is 17.6. The molecule has 0 aromatic heterocycles. The van der Waals surface area contributed by atoms with Crippen LogP contribution in [0.4, 0.5) is 13.2 Å². The number of ether oxygens (including phenoxy) is 4. The number of halogens is 3. The van der Waals surface area contributed by atoms with E-state index < -0.39 is 36.3 Å².